The Kier molecular flexibility index (Phi) is 9.13. The van der Waals surface area contributed by atoms with Gasteiger partial charge in [-0.2, -0.15) is 0 Å². The van der Waals surface area contributed by atoms with Crippen molar-refractivity contribution < 1.29 is 16.3 Å². The summed E-state index contributed by atoms with van der Waals surface area (Å²) >= 11 is 4.25. The molecule has 0 fully saturated rings. The Labute approximate surface area is 69.8 Å². The van der Waals surface area contributed by atoms with Crippen molar-refractivity contribution in [1.82, 2.24) is 0 Å². The first kappa shape index (κ1) is 11.8. The van der Waals surface area contributed by atoms with E-state index in [0.717, 1.165) is 0 Å². The standard InChI is InChI=1S/C5H11Si.BrH.Zn/c1-5-6(2,3)4;;/h1H2,2-4H3;1H;/q-1;;+2/p-1. The second-order valence-corrected chi connectivity index (χ2v) is 7.28. The van der Waals surface area contributed by atoms with Crippen LogP contribution in [-0.4, -0.2) is 8.07 Å². The summed E-state index contributed by atoms with van der Waals surface area (Å²) in [6.07, 6.45) is 0. The van der Waals surface area contributed by atoms with Crippen LogP contribution >= 0.6 is 13.6 Å². The van der Waals surface area contributed by atoms with Crippen molar-refractivity contribution >= 4 is 21.7 Å². The van der Waals surface area contributed by atoms with E-state index in [1.807, 2.05) is 0 Å². The second kappa shape index (κ2) is 6.18. The molecular weight excluding hydrogens is 233 g/mol. The van der Waals surface area contributed by atoms with Crippen molar-refractivity contribution in [2.75, 3.05) is 0 Å². The van der Waals surface area contributed by atoms with Crippen molar-refractivity contribution in [1.29, 1.82) is 0 Å². The molecule has 3 heteroatoms. The van der Waals surface area contributed by atoms with Gasteiger partial charge < -0.3 is 5.70 Å². The second-order valence-electron chi connectivity index (χ2n) is 2.43. The van der Waals surface area contributed by atoms with Crippen molar-refractivity contribution in [2.24, 2.45) is 0 Å². The zero-order chi connectivity index (χ0) is 7.21. The van der Waals surface area contributed by atoms with E-state index >= 15 is 0 Å². The van der Waals surface area contributed by atoms with Crippen LogP contribution in [0.25, 0.3) is 0 Å². The van der Waals surface area contributed by atoms with E-state index in [1.54, 1.807) is 0 Å². The van der Waals surface area contributed by atoms with E-state index in [0.29, 0.717) is 0 Å². The molecule has 0 heterocycles. The number of hydrogen-bond donors (Lipinski definition) is 0. The quantitative estimate of drug-likeness (QED) is 0.491. The van der Waals surface area contributed by atoms with Crippen molar-refractivity contribution in [3.63, 3.8) is 0 Å². The van der Waals surface area contributed by atoms with Gasteiger partial charge in [0.1, 0.15) is 0 Å². The molecule has 0 saturated carbocycles. The summed E-state index contributed by atoms with van der Waals surface area (Å²) in [6.45, 7) is 10.2. The zero-order valence-electron chi connectivity index (χ0n) is 5.79. The Balaban J connectivity index is 0. The molecule has 0 nitrogen and oxygen atoms in total. The average Bonchev–Trinajstić information content (AvgIpc) is 1.71. The summed E-state index contributed by atoms with van der Waals surface area (Å²) in [4.78, 5) is 0. The minimum absolute atomic E-state index is 0.992. The molecule has 0 amide bonds. The van der Waals surface area contributed by atoms with E-state index in [2.05, 4.69) is 45.5 Å². The molecule has 0 spiro atoms. The Bertz CT molecular complexity index is 57.9. The van der Waals surface area contributed by atoms with E-state index in [-0.39, 0.29) is 0 Å². The topological polar surface area (TPSA) is 0 Å². The maximum atomic E-state index is 3.57. The van der Waals surface area contributed by atoms with E-state index in [1.165, 1.54) is 16.3 Å². The minimum atomic E-state index is -0.992. The molecule has 0 unspecified atom stereocenters. The van der Waals surface area contributed by atoms with Crippen molar-refractivity contribution in [3.05, 3.63) is 12.3 Å². The summed E-state index contributed by atoms with van der Waals surface area (Å²) in [6, 6.07) is 0. The average molecular weight is 245 g/mol. The SMILES string of the molecule is C=[C-][Si](C)(C)C.[Zn+][Br]. The van der Waals surface area contributed by atoms with E-state index < -0.39 is 8.07 Å². The fourth-order valence-corrected chi connectivity index (χ4v) is 0. The fourth-order valence-electron chi connectivity index (χ4n) is 0. The van der Waals surface area contributed by atoms with Gasteiger partial charge >= 0.3 is 30.0 Å². The molecule has 0 rings (SSSR count). The molecule has 0 aromatic heterocycles. The molecule has 0 aliphatic heterocycles. The molecule has 0 saturated heterocycles. The van der Waals surface area contributed by atoms with E-state index in [4.69, 9.17) is 0 Å². The third-order valence-corrected chi connectivity index (χ3v) is 1.59. The van der Waals surface area contributed by atoms with Gasteiger partial charge in [0.15, 0.2) is 0 Å². The zero-order valence-corrected chi connectivity index (χ0v) is 11.3. The Hall–Kier alpha value is 1.06. The molecule has 0 aliphatic rings. The first-order valence-corrected chi connectivity index (χ1v) is 12.8. The van der Waals surface area contributed by atoms with Crippen molar-refractivity contribution in [2.45, 2.75) is 19.6 Å². The summed E-state index contributed by atoms with van der Waals surface area (Å²) in [5.41, 5.74) is 2.99. The van der Waals surface area contributed by atoms with Gasteiger partial charge in [-0.1, -0.05) is 19.6 Å². The first-order valence-electron chi connectivity index (χ1n) is 2.37. The fraction of sp³-hybridized carbons (Fsp3) is 0.600. The van der Waals surface area contributed by atoms with Crippen LogP contribution in [0.2, 0.25) is 19.6 Å². The third kappa shape index (κ3) is 15.7. The van der Waals surface area contributed by atoms with Gasteiger partial charge in [0, 0.05) is 0 Å². The number of hydrogen-bond acceptors (Lipinski definition) is 0. The Morgan fingerprint density at radius 1 is 1.38 bits per heavy atom. The molecule has 0 aromatic carbocycles. The summed E-state index contributed by atoms with van der Waals surface area (Å²) in [5.74, 6) is 0. The molecule has 44 valence electrons. The molecule has 0 aliphatic carbocycles. The summed E-state index contributed by atoms with van der Waals surface area (Å²) in [7, 11) is -0.992. The van der Waals surface area contributed by atoms with Crippen molar-refractivity contribution in [3.8, 4) is 0 Å². The predicted octanol–water partition coefficient (Wildman–Crippen LogP) is 2.70. The van der Waals surface area contributed by atoms with Crippen LogP contribution in [0.4, 0.5) is 0 Å². The maximum absolute atomic E-state index is 3.57. The molecule has 0 bridgehead atoms. The van der Waals surface area contributed by atoms with Gasteiger partial charge in [0.2, 0.25) is 0 Å². The van der Waals surface area contributed by atoms with Crippen LogP contribution in [0.15, 0.2) is 6.58 Å². The van der Waals surface area contributed by atoms with E-state index in [9.17, 15) is 0 Å². The van der Waals surface area contributed by atoms with Crippen LogP contribution in [0.5, 0.6) is 0 Å². The molecule has 0 radical (unpaired) electrons. The monoisotopic (exact) mass is 242 g/mol. The normalized spacial score (nSPS) is 9.25. The van der Waals surface area contributed by atoms with Gasteiger partial charge in [0.05, 0.1) is 0 Å². The summed E-state index contributed by atoms with van der Waals surface area (Å²) in [5, 5.41) is 0. The molecule has 0 aromatic rings. The molecular formula is C5H11BrSiZn. The molecule has 0 N–H and O–H groups in total. The van der Waals surface area contributed by atoms with Crippen LogP contribution < -0.4 is 0 Å². The molecule has 0 atom stereocenters. The van der Waals surface area contributed by atoms with Gasteiger partial charge in [-0.3, -0.25) is 6.58 Å². The number of rotatable bonds is 1. The van der Waals surface area contributed by atoms with Gasteiger partial charge in [0.25, 0.3) is 0 Å². The molecule has 8 heavy (non-hydrogen) atoms. The van der Waals surface area contributed by atoms with Crippen LogP contribution in [-0.2, 0) is 16.3 Å². The Morgan fingerprint density at radius 3 is 1.50 bits per heavy atom. The predicted molar refractivity (Wildman–Crippen MR) is 41.1 cm³/mol. The van der Waals surface area contributed by atoms with Crippen LogP contribution in [0, 0.1) is 5.70 Å². The first-order chi connectivity index (χ1) is 3.56. The third-order valence-electron chi connectivity index (χ3n) is 0.530. The van der Waals surface area contributed by atoms with Gasteiger partial charge in [-0.05, 0) is 0 Å². The Morgan fingerprint density at radius 2 is 1.50 bits per heavy atom. The van der Waals surface area contributed by atoms with Gasteiger partial charge in [-0.15, -0.1) is 8.07 Å². The van der Waals surface area contributed by atoms with Crippen LogP contribution in [0.1, 0.15) is 0 Å². The van der Waals surface area contributed by atoms with Crippen LogP contribution in [0.3, 0.4) is 0 Å². The van der Waals surface area contributed by atoms with Gasteiger partial charge in [-0.25, -0.2) is 0 Å². The number of halogens is 1. The summed E-state index contributed by atoms with van der Waals surface area (Å²) < 4.78 is 0.